The van der Waals surface area contributed by atoms with Gasteiger partial charge in [-0.3, -0.25) is 4.68 Å². The van der Waals surface area contributed by atoms with Gasteiger partial charge in [0.05, 0.1) is 10.6 Å². The molecule has 2 aromatic rings. The van der Waals surface area contributed by atoms with Crippen LogP contribution in [0.4, 0.5) is 0 Å². The number of hydrogen-bond acceptors (Lipinski definition) is 4. The number of rotatable bonds is 2. The summed E-state index contributed by atoms with van der Waals surface area (Å²) >= 11 is 1.65. The third-order valence-corrected chi connectivity index (χ3v) is 3.65. The largest absolute Gasteiger partial charge is 0.481 e. The Balaban J connectivity index is 2.07. The molecule has 0 spiro atoms. The SMILES string of the molecule is Cn1nc(C(=O)O)cc1-c1ccc2c(c1)OCS2. The number of carbonyl (C=O) groups is 1. The molecule has 6 heteroatoms. The molecule has 5 nitrogen and oxygen atoms in total. The van der Waals surface area contributed by atoms with Crippen LogP contribution in [0.2, 0.25) is 0 Å². The Morgan fingerprint density at radius 2 is 2.33 bits per heavy atom. The number of aromatic nitrogens is 2. The maximum Gasteiger partial charge on any atom is 0.356 e. The number of aryl methyl sites for hydroxylation is 1. The van der Waals surface area contributed by atoms with Crippen molar-refractivity contribution in [2.24, 2.45) is 7.05 Å². The van der Waals surface area contributed by atoms with Gasteiger partial charge in [-0.05, 0) is 18.2 Å². The molecule has 0 amide bonds. The summed E-state index contributed by atoms with van der Waals surface area (Å²) in [4.78, 5) is 12.0. The Kier molecular flexibility index (Phi) is 2.52. The van der Waals surface area contributed by atoms with Gasteiger partial charge < -0.3 is 9.84 Å². The molecule has 2 heterocycles. The molecule has 0 radical (unpaired) electrons. The Labute approximate surface area is 107 Å². The molecule has 0 unspecified atom stereocenters. The Hall–Kier alpha value is -1.95. The first kappa shape index (κ1) is 11.2. The van der Waals surface area contributed by atoms with Crippen molar-refractivity contribution in [3.63, 3.8) is 0 Å². The molecule has 1 aliphatic rings. The van der Waals surface area contributed by atoms with Crippen LogP contribution in [0.25, 0.3) is 11.3 Å². The van der Waals surface area contributed by atoms with Crippen molar-refractivity contribution < 1.29 is 14.6 Å². The quantitative estimate of drug-likeness (QED) is 0.899. The zero-order valence-electron chi connectivity index (χ0n) is 9.58. The first-order chi connectivity index (χ1) is 8.65. The topological polar surface area (TPSA) is 64.4 Å². The average molecular weight is 262 g/mol. The summed E-state index contributed by atoms with van der Waals surface area (Å²) < 4.78 is 7.03. The summed E-state index contributed by atoms with van der Waals surface area (Å²) in [6, 6.07) is 7.41. The lowest BCUT2D eigenvalue weighted by Crippen LogP contribution is -1.99. The third kappa shape index (κ3) is 1.74. The van der Waals surface area contributed by atoms with Crippen molar-refractivity contribution in [1.29, 1.82) is 0 Å². The molecular formula is C12H10N2O3S. The third-order valence-electron chi connectivity index (χ3n) is 2.77. The molecule has 0 saturated heterocycles. The summed E-state index contributed by atoms with van der Waals surface area (Å²) in [6.07, 6.45) is 0. The van der Waals surface area contributed by atoms with E-state index in [-0.39, 0.29) is 5.69 Å². The first-order valence-corrected chi connectivity index (χ1v) is 6.31. The van der Waals surface area contributed by atoms with E-state index in [0.29, 0.717) is 5.94 Å². The van der Waals surface area contributed by atoms with Gasteiger partial charge in [-0.15, -0.1) is 0 Å². The van der Waals surface area contributed by atoms with Gasteiger partial charge in [0.25, 0.3) is 0 Å². The lowest BCUT2D eigenvalue weighted by molar-refractivity contribution is 0.0689. The van der Waals surface area contributed by atoms with Gasteiger partial charge in [0.2, 0.25) is 0 Å². The van der Waals surface area contributed by atoms with Gasteiger partial charge in [-0.25, -0.2) is 4.79 Å². The van der Waals surface area contributed by atoms with Crippen molar-refractivity contribution in [3.05, 3.63) is 30.0 Å². The van der Waals surface area contributed by atoms with E-state index in [1.165, 1.54) is 0 Å². The monoisotopic (exact) mass is 262 g/mol. The van der Waals surface area contributed by atoms with E-state index in [1.54, 1.807) is 29.6 Å². The standard InChI is InChI=1S/C12H10N2O3S/c1-14-9(5-8(13-14)12(15)16)7-2-3-11-10(4-7)17-6-18-11/h2-5H,6H2,1H3,(H,15,16). The van der Waals surface area contributed by atoms with E-state index in [2.05, 4.69) is 5.10 Å². The molecule has 1 N–H and O–H groups in total. The second-order valence-corrected chi connectivity index (χ2v) is 4.88. The van der Waals surface area contributed by atoms with E-state index in [4.69, 9.17) is 9.84 Å². The fourth-order valence-electron chi connectivity index (χ4n) is 1.90. The van der Waals surface area contributed by atoms with Crippen LogP contribution in [-0.4, -0.2) is 26.8 Å². The van der Waals surface area contributed by atoms with E-state index < -0.39 is 5.97 Å². The maximum atomic E-state index is 10.9. The Morgan fingerprint density at radius 1 is 1.50 bits per heavy atom. The van der Waals surface area contributed by atoms with E-state index in [0.717, 1.165) is 21.9 Å². The number of fused-ring (bicyclic) bond motifs is 1. The number of carboxylic acids is 1. The molecule has 0 saturated carbocycles. The molecule has 0 fully saturated rings. The van der Waals surface area contributed by atoms with Crippen LogP contribution in [-0.2, 0) is 7.05 Å². The zero-order chi connectivity index (χ0) is 12.7. The number of aromatic carboxylic acids is 1. The molecule has 1 aromatic heterocycles. The Bertz CT molecular complexity index is 636. The van der Waals surface area contributed by atoms with Crippen molar-refractivity contribution in [2.45, 2.75) is 4.90 Å². The highest BCUT2D eigenvalue weighted by atomic mass is 32.2. The predicted molar refractivity (Wildman–Crippen MR) is 67.0 cm³/mol. The molecule has 1 aliphatic heterocycles. The van der Waals surface area contributed by atoms with Crippen molar-refractivity contribution in [2.75, 3.05) is 5.94 Å². The number of carboxylic acid groups (broad SMARTS) is 1. The summed E-state index contributed by atoms with van der Waals surface area (Å²) in [5, 5.41) is 12.9. The zero-order valence-corrected chi connectivity index (χ0v) is 10.4. The second kappa shape index (κ2) is 4.06. The van der Waals surface area contributed by atoms with Crippen molar-refractivity contribution in [1.82, 2.24) is 9.78 Å². The minimum absolute atomic E-state index is 0.0447. The fourth-order valence-corrected chi connectivity index (χ4v) is 2.64. The van der Waals surface area contributed by atoms with Gasteiger partial charge in [-0.2, -0.15) is 5.10 Å². The highest BCUT2D eigenvalue weighted by molar-refractivity contribution is 7.99. The van der Waals surface area contributed by atoms with Crippen LogP contribution in [0.3, 0.4) is 0 Å². The molecule has 1 aromatic carbocycles. The van der Waals surface area contributed by atoms with Crippen molar-refractivity contribution >= 4 is 17.7 Å². The van der Waals surface area contributed by atoms with Crippen LogP contribution in [0.1, 0.15) is 10.5 Å². The van der Waals surface area contributed by atoms with Crippen molar-refractivity contribution in [3.8, 4) is 17.0 Å². The first-order valence-electron chi connectivity index (χ1n) is 5.32. The molecule has 3 rings (SSSR count). The summed E-state index contributed by atoms with van der Waals surface area (Å²) in [5.41, 5.74) is 1.71. The van der Waals surface area contributed by atoms with Crippen LogP contribution in [0, 0.1) is 0 Å². The maximum absolute atomic E-state index is 10.9. The molecule has 0 bridgehead atoms. The molecule has 92 valence electrons. The average Bonchev–Trinajstić information content (AvgIpc) is 2.93. The lowest BCUT2D eigenvalue weighted by Gasteiger charge is -2.03. The molecule has 0 atom stereocenters. The number of nitrogens with zero attached hydrogens (tertiary/aromatic N) is 2. The predicted octanol–water partition coefficient (Wildman–Crippen LogP) is 2.23. The summed E-state index contributed by atoms with van der Waals surface area (Å²) in [7, 11) is 1.73. The van der Waals surface area contributed by atoms with Gasteiger partial charge in [0.15, 0.2) is 5.69 Å². The number of benzene rings is 1. The minimum atomic E-state index is -1.02. The number of thioether (sulfide) groups is 1. The van der Waals surface area contributed by atoms with Gasteiger partial charge in [-0.1, -0.05) is 17.8 Å². The highest BCUT2D eigenvalue weighted by Gasteiger charge is 2.17. The van der Waals surface area contributed by atoms with Gasteiger partial charge in [0.1, 0.15) is 11.7 Å². The minimum Gasteiger partial charge on any atom is -0.481 e. The highest BCUT2D eigenvalue weighted by Crippen LogP contribution is 2.38. The smallest absolute Gasteiger partial charge is 0.356 e. The van der Waals surface area contributed by atoms with Crippen LogP contribution in [0.5, 0.6) is 5.75 Å². The lowest BCUT2D eigenvalue weighted by atomic mass is 10.1. The molecule has 18 heavy (non-hydrogen) atoms. The van der Waals surface area contributed by atoms with E-state index in [9.17, 15) is 4.79 Å². The summed E-state index contributed by atoms with van der Waals surface area (Å²) in [5.74, 6) is 0.449. The Morgan fingerprint density at radius 3 is 3.06 bits per heavy atom. The van der Waals surface area contributed by atoms with Crippen LogP contribution >= 0.6 is 11.8 Å². The van der Waals surface area contributed by atoms with Gasteiger partial charge >= 0.3 is 5.97 Å². The van der Waals surface area contributed by atoms with E-state index >= 15 is 0 Å². The van der Waals surface area contributed by atoms with E-state index in [1.807, 2.05) is 18.2 Å². The van der Waals surface area contributed by atoms with Crippen LogP contribution in [0.15, 0.2) is 29.2 Å². The normalized spacial score (nSPS) is 13.2. The second-order valence-electron chi connectivity index (χ2n) is 3.91. The van der Waals surface area contributed by atoms with Gasteiger partial charge in [0, 0.05) is 12.6 Å². The molecular weight excluding hydrogens is 252 g/mol. The number of ether oxygens (including phenoxy) is 1. The summed E-state index contributed by atoms with van der Waals surface area (Å²) in [6.45, 7) is 0. The fraction of sp³-hybridized carbons (Fsp3) is 0.167. The number of hydrogen-bond donors (Lipinski definition) is 1. The molecule has 0 aliphatic carbocycles. The van der Waals surface area contributed by atoms with Crippen LogP contribution < -0.4 is 4.74 Å².